The van der Waals surface area contributed by atoms with E-state index in [4.69, 9.17) is 19.8 Å². The first kappa shape index (κ1) is 10.5. The zero-order chi connectivity index (χ0) is 5.15. The number of carboxylic acid groups (broad SMARTS) is 2. The van der Waals surface area contributed by atoms with Gasteiger partial charge in [0.2, 0.25) is 0 Å². The van der Waals surface area contributed by atoms with Gasteiger partial charge in [0.1, 0.15) is 0 Å². The first-order valence-electron chi connectivity index (χ1n) is 1.07. The molecule has 0 aliphatic rings. The van der Waals surface area contributed by atoms with Gasteiger partial charge in [-0.3, -0.25) is 0 Å². The van der Waals surface area contributed by atoms with Gasteiger partial charge in [-0.05, 0) is 0 Å². The summed E-state index contributed by atoms with van der Waals surface area (Å²) >= 11 is 0. The van der Waals surface area contributed by atoms with Crippen molar-refractivity contribution in [3.8, 4) is 0 Å². The van der Waals surface area contributed by atoms with E-state index in [0.717, 1.165) is 0 Å². The third-order valence-corrected chi connectivity index (χ3v) is 0.167. The number of carboxylic acids is 2. The van der Waals surface area contributed by atoms with Gasteiger partial charge in [-0.25, -0.2) is 0 Å². The Morgan fingerprint density at radius 1 is 1.14 bits per heavy atom. The summed E-state index contributed by atoms with van der Waals surface area (Å²) in [6.45, 7) is 0. The fourth-order valence-corrected chi connectivity index (χ4v) is 0. The minimum atomic E-state index is -2.19. The van der Waals surface area contributed by atoms with Crippen LogP contribution in [0, 0.1) is 0 Å². The van der Waals surface area contributed by atoms with Gasteiger partial charge in [-0.1, -0.05) is 0 Å². The van der Waals surface area contributed by atoms with Crippen LogP contribution >= 0.6 is 0 Å². The van der Waals surface area contributed by atoms with Crippen molar-refractivity contribution in [2.75, 3.05) is 0 Å². The van der Waals surface area contributed by atoms with E-state index in [1.165, 1.54) is 0 Å². The summed E-state index contributed by atoms with van der Waals surface area (Å²) in [6, 6.07) is 0. The van der Waals surface area contributed by atoms with Crippen molar-refractivity contribution in [2.24, 2.45) is 0 Å². The molecule has 0 amide bonds. The van der Waals surface area contributed by atoms with E-state index >= 15 is 0 Å². The molecule has 0 fully saturated rings. The Balaban J connectivity index is -0.000000125. The maximum Gasteiger partial charge on any atom is 1.00 e. The summed E-state index contributed by atoms with van der Waals surface area (Å²) in [5, 5.41) is 17.9. The molecule has 0 rings (SSSR count). The molecule has 0 aliphatic carbocycles. The third kappa shape index (κ3) is 6.58. The summed E-state index contributed by atoms with van der Waals surface area (Å²) in [6.07, 6.45) is 0. The Labute approximate surface area is 83.4 Å². The SMILES string of the molecule is O=C([O-])C(=O)[O-].[H+].[K+]. The maximum absolute atomic E-state index is 8.93. The van der Waals surface area contributed by atoms with Crippen LogP contribution in [0.2, 0.25) is 0 Å². The van der Waals surface area contributed by atoms with E-state index in [2.05, 4.69) is 0 Å². The maximum atomic E-state index is 8.93. The second-order valence-corrected chi connectivity index (χ2v) is 0.575. The third-order valence-electron chi connectivity index (χ3n) is 0.167. The first-order chi connectivity index (χ1) is 2.64. The van der Waals surface area contributed by atoms with Crippen LogP contribution in [0.15, 0.2) is 0 Å². The Morgan fingerprint density at radius 3 is 1.29 bits per heavy atom. The van der Waals surface area contributed by atoms with E-state index in [0.29, 0.717) is 0 Å². The molecule has 0 saturated carbocycles. The van der Waals surface area contributed by atoms with Crippen molar-refractivity contribution in [1.29, 1.82) is 0 Å². The Hall–Kier alpha value is 0.576. The number of rotatable bonds is 0. The molecular weight excluding hydrogens is 127 g/mol. The van der Waals surface area contributed by atoms with E-state index in [-0.39, 0.29) is 52.8 Å². The summed E-state index contributed by atoms with van der Waals surface area (Å²) in [5.74, 6) is -4.37. The molecule has 0 aliphatic heterocycles. The van der Waals surface area contributed by atoms with Gasteiger partial charge in [0.25, 0.3) is 0 Å². The summed E-state index contributed by atoms with van der Waals surface area (Å²) < 4.78 is 0. The van der Waals surface area contributed by atoms with E-state index in [9.17, 15) is 0 Å². The zero-order valence-electron chi connectivity index (χ0n) is 4.63. The van der Waals surface area contributed by atoms with Crippen LogP contribution in [0.25, 0.3) is 0 Å². The van der Waals surface area contributed by atoms with Crippen molar-refractivity contribution >= 4 is 11.9 Å². The average molecular weight is 128 g/mol. The average Bonchev–Trinajstić information content (AvgIpc) is 1.36. The normalized spacial score (nSPS) is 6.29. The van der Waals surface area contributed by atoms with Crippen LogP contribution in [-0.4, -0.2) is 11.9 Å². The topological polar surface area (TPSA) is 80.3 Å². The monoisotopic (exact) mass is 128 g/mol. The molecule has 7 heavy (non-hydrogen) atoms. The number of aliphatic carboxylic acids is 2. The fourth-order valence-electron chi connectivity index (χ4n) is 0. The van der Waals surface area contributed by atoms with Crippen LogP contribution in [0.5, 0.6) is 0 Å². The molecular formula is C2HKO4. The van der Waals surface area contributed by atoms with Gasteiger partial charge >= 0.3 is 52.8 Å². The molecule has 0 aromatic heterocycles. The van der Waals surface area contributed by atoms with Gasteiger partial charge in [0.15, 0.2) is 0 Å². The van der Waals surface area contributed by atoms with Crippen molar-refractivity contribution in [3.63, 3.8) is 0 Å². The standard InChI is InChI=1S/C2H2O4.K/c3-1(4)2(5)6;/h(H,3,4)(H,5,6);/q;+1/p-1. The number of carbonyl (C=O) groups excluding carboxylic acids is 2. The smallest absolute Gasteiger partial charge is 0.543 e. The van der Waals surface area contributed by atoms with E-state index < -0.39 is 11.9 Å². The summed E-state index contributed by atoms with van der Waals surface area (Å²) in [7, 11) is 0. The van der Waals surface area contributed by atoms with Crippen molar-refractivity contribution in [2.45, 2.75) is 0 Å². The van der Waals surface area contributed by atoms with Gasteiger partial charge < -0.3 is 19.8 Å². The molecule has 4 nitrogen and oxygen atoms in total. The fraction of sp³-hybridized carbons (Fsp3) is 0. The van der Waals surface area contributed by atoms with Crippen LogP contribution in [0.4, 0.5) is 0 Å². The number of carbonyl (C=O) groups is 2. The van der Waals surface area contributed by atoms with Crippen LogP contribution < -0.4 is 61.6 Å². The molecule has 0 atom stereocenters. The van der Waals surface area contributed by atoms with Gasteiger partial charge in [0, 0.05) is 0 Å². The summed E-state index contributed by atoms with van der Waals surface area (Å²) in [4.78, 5) is 17.9. The van der Waals surface area contributed by atoms with Crippen molar-refractivity contribution in [1.82, 2.24) is 0 Å². The van der Waals surface area contributed by atoms with E-state index in [1.807, 2.05) is 0 Å². The molecule has 0 heterocycles. The predicted octanol–water partition coefficient (Wildman–Crippen LogP) is -6.40. The Morgan fingerprint density at radius 2 is 1.29 bits per heavy atom. The van der Waals surface area contributed by atoms with Gasteiger partial charge in [0.05, 0.1) is 11.9 Å². The summed E-state index contributed by atoms with van der Waals surface area (Å²) in [5.41, 5.74) is 0. The van der Waals surface area contributed by atoms with Crippen molar-refractivity contribution < 1.29 is 72.6 Å². The molecule has 0 radical (unpaired) electrons. The van der Waals surface area contributed by atoms with Crippen molar-refractivity contribution in [3.05, 3.63) is 0 Å². The first-order valence-corrected chi connectivity index (χ1v) is 1.07. The van der Waals surface area contributed by atoms with Crippen LogP contribution in [0.1, 0.15) is 1.43 Å². The quantitative estimate of drug-likeness (QED) is 0.240. The minimum Gasteiger partial charge on any atom is -0.543 e. The molecule has 34 valence electrons. The molecule has 0 bridgehead atoms. The van der Waals surface area contributed by atoms with Crippen LogP contribution in [-0.2, 0) is 9.59 Å². The molecule has 0 spiro atoms. The minimum absolute atomic E-state index is 0. The second kappa shape index (κ2) is 4.73. The Kier molecular flexibility index (Phi) is 7.12. The van der Waals surface area contributed by atoms with Gasteiger partial charge in [-0.2, -0.15) is 0 Å². The predicted molar refractivity (Wildman–Crippen MR) is 11.1 cm³/mol. The molecule has 0 saturated heterocycles. The number of hydrogen-bond donors (Lipinski definition) is 0. The molecule has 0 unspecified atom stereocenters. The Bertz CT molecular complexity index is 80.0. The molecule has 0 N–H and O–H groups in total. The molecule has 0 aromatic rings. The molecule has 0 aromatic carbocycles. The molecule has 5 heteroatoms. The van der Waals surface area contributed by atoms with E-state index in [1.54, 1.807) is 0 Å². The number of hydrogen-bond acceptors (Lipinski definition) is 4. The van der Waals surface area contributed by atoms with Crippen LogP contribution in [0.3, 0.4) is 0 Å². The largest absolute Gasteiger partial charge is 1.00 e. The zero-order valence-corrected chi connectivity index (χ0v) is 6.76. The second-order valence-electron chi connectivity index (χ2n) is 0.575. The van der Waals surface area contributed by atoms with Gasteiger partial charge in [-0.15, -0.1) is 0 Å².